The molecule has 0 spiro atoms. The van der Waals surface area contributed by atoms with Crippen molar-refractivity contribution in [3.05, 3.63) is 18.0 Å². The standard InChI is InChI=1S/C19H23N7O2/c1-11-5-14(6-11)28-17-15(7-20)16(13-8-22-18(21)23-9-13)24-19(25-17)26-3-4-27-10-12(26)2/h8-9,11-12,14H,3-6,10H2,1-2H3,(H2,21,22,23)/t11?,12-,14?/m0/s1. The minimum Gasteiger partial charge on any atom is -0.473 e. The first kappa shape index (κ1) is 18.4. The summed E-state index contributed by atoms with van der Waals surface area (Å²) in [7, 11) is 0. The average Bonchev–Trinajstić information content (AvgIpc) is 2.67. The molecule has 0 radical (unpaired) electrons. The normalized spacial score (nSPS) is 24.3. The molecular formula is C19H23N7O2. The smallest absolute Gasteiger partial charge is 0.237 e. The van der Waals surface area contributed by atoms with Gasteiger partial charge in [-0.2, -0.15) is 10.2 Å². The predicted octanol–water partition coefficient (Wildman–Crippen LogP) is 1.79. The van der Waals surface area contributed by atoms with Crippen LogP contribution in [0, 0.1) is 17.2 Å². The first-order valence-corrected chi connectivity index (χ1v) is 9.46. The summed E-state index contributed by atoms with van der Waals surface area (Å²) in [5.41, 5.74) is 6.95. The highest BCUT2D eigenvalue weighted by Gasteiger charge is 2.31. The molecule has 2 aromatic rings. The SMILES string of the molecule is CC1CC(Oc2nc(N3CCOC[C@@H]3C)nc(-c3cnc(N)nc3)c2C#N)C1. The van der Waals surface area contributed by atoms with Crippen molar-refractivity contribution < 1.29 is 9.47 Å². The van der Waals surface area contributed by atoms with E-state index in [1.807, 2.05) is 0 Å². The summed E-state index contributed by atoms with van der Waals surface area (Å²) in [5.74, 6) is 1.62. The highest BCUT2D eigenvalue weighted by Crippen LogP contribution is 2.35. The zero-order valence-electron chi connectivity index (χ0n) is 16.0. The number of hydrogen-bond donors (Lipinski definition) is 1. The molecule has 2 aromatic heterocycles. The Labute approximate surface area is 163 Å². The molecule has 2 aliphatic rings. The van der Waals surface area contributed by atoms with E-state index in [9.17, 15) is 5.26 Å². The molecule has 1 atom stereocenters. The minimum atomic E-state index is 0.0717. The third kappa shape index (κ3) is 3.55. The van der Waals surface area contributed by atoms with Crippen molar-refractivity contribution in [3.63, 3.8) is 0 Å². The second-order valence-corrected chi connectivity index (χ2v) is 7.43. The van der Waals surface area contributed by atoms with Gasteiger partial charge in [-0.25, -0.2) is 15.0 Å². The predicted molar refractivity (Wildman–Crippen MR) is 103 cm³/mol. The number of morpholine rings is 1. The van der Waals surface area contributed by atoms with Gasteiger partial charge in [0.2, 0.25) is 17.8 Å². The van der Waals surface area contributed by atoms with Gasteiger partial charge in [-0.1, -0.05) is 6.92 Å². The fraction of sp³-hybridized carbons (Fsp3) is 0.526. The first-order valence-electron chi connectivity index (χ1n) is 9.46. The monoisotopic (exact) mass is 381 g/mol. The highest BCUT2D eigenvalue weighted by molar-refractivity contribution is 5.69. The van der Waals surface area contributed by atoms with Crippen LogP contribution in [0.2, 0.25) is 0 Å². The van der Waals surface area contributed by atoms with Crippen LogP contribution in [0.1, 0.15) is 32.3 Å². The lowest BCUT2D eigenvalue weighted by molar-refractivity contribution is 0.0688. The van der Waals surface area contributed by atoms with Crippen LogP contribution in [0.15, 0.2) is 12.4 Å². The maximum atomic E-state index is 9.81. The van der Waals surface area contributed by atoms with E-state index in [-0.39, 0.29) is 23.7 Å². The summed E-state index contributed by atoms with van der Waals surface area (Å²) in [6.45, 7) is 6.11. The Hall–Kier alpha value is -2.99. The van der Waals surface area contributed by atoms with Gasteiger partial charge in [-0.15, -0.1) is 0 Å². The number of aromatic nitrogens is 4. The van der Waals surface area contributed by atoms with Crippen LogP contribution in [-0.2, 0) is 4.74 Å². The van der Waals surface area contributed by atoms with Crippen LogP contribution in [0.3, 0.4) is 0 Å². The number of rotatable bonds is 4. The van der Waals surface area contributed by atoms with E-state index in [0.29, 0.717) is 48.8 Å². The van der Waals surface area contributed by atoms with E-state index < -0.39 is 0 Å². The van der Waals surface area contributed by atoms with Gasteiger partial charge in [0, 0.05) is 24.5 Å². The number of nitrogens with two attached hydrogens (primary N) is 1. The molecule has 0 bridgehead atoms. The summed E-state index contributed by atoms with van der Waals surface area (Å²) >= 11 is 0. The van der Waals surface area contributed by atoms with Gasteiger partial charge >= 0.3 is 0 Å². The molecule has 1 aliphatic carbocycles. The minimum absolute atomic E-state index is 0.0717. The molecule has 4 rings (SSSR count). The number of hydrogen-bond acceptors (Lipinski definition) is 9. The molecule has 1 saturated carbocycles. The van der Waals surface area contributed by atoms with E-state index in [2.05, 4.69) is 44.8 Å². The van der Waals surface area contributed by atoms with Crippen molar-refractivity contribution >= 4 is 11.9 Å². The van der Waals surface area contributed by atoms with Crippen molar-refractivity contribution in [3.8, 4) is 23.2 Å². The van der Waals surface area contributed by atoms with Gasteiger partial charge in [0.1, 0.15) is 23.4 Å². The summed E-state index contributed by atoms with van der Waals surface area (Å²) in [6.07, 6.45) is 5.11. The Bertz CT molecular complexity index is 890. The highest BCUT2D eigenvalue weighted by atomic mass is 16.5. The second-order valence-electron chi connectivity index (χ2n) is 7.43. The molecule has 2 fully saturated rings. The van der Waals surface area contributed by atoms with Crippen molar-refractivity contribution in [2.75, 3.05) is 30.4 Å². The fourth-order valence-corrected chi connectivity index (χ4v) is 3.52. The molecule has 1 saturated heterocycles. The lowest BCUT2D eigenvalue weighted by atomic mass is 9.84. The van der Waals surface area contributed by atoms with Crippen LogP contribution >= 0.6 is 0 Å². The molecule has 1 aliphatic heterocycles. The van der Waals surface area contributed by atoms with Crippen molar-refractivity contribution in [1.29, 1.82) is 5.26 Å². The largest absolute Gasteiger partial charge is 0.473 e. The fourth-order valence-electron chi connectivity index (χ4n) is 3.52. The molecule has 3 heterocycles. The van der Waals surface area contributed by atoms with Gasteiger partial charge in [0.05, 0.1) is 19.3 Å². The topological polar surface area (TPSA) is 123 Å². The summed E-state index contributed by atoms with van der Waals surface area (Å²) in [4.78, 5) is 19.4. The summed E-state index contributed by atoms with van der Waals surface area (Å²) in [6, 6.07) is 2.32. The van der Waals surface area contributed by atoms with Gasteiger partial charge in [-0.3, -0.25) is 0 Å². The van der Waals surface area contributed by atoms with E-state index in [0.717, 1.165) is 12.8 Å². The van der Waals surface area contributed by atoms with Crippen LogP contribution in [0.5, 0.6) is 5.88 Å². The molecule has 2 N–H and O–H groups in total. The molecule has 28 heavy (non-hydrogen) atoms. The summed E-state index contributed by atoms with van der Waals surface area (Å²) in [5, 5.41) is 9.81. The molecule has 0 amide bonds. The zero-order valence-corrected chi connectivity index (χ0v) is 16.0. The number of nitrogen functional groups attached to an aromatic ring is 1. The molecule has 146 valence electrons. The maximum Gasteiger partial charge on any atom is 0.237 e. The number of nitrogens with zero attached hydrogens (tertiary/aromatic N) is 6. The lowest BCUT2D eigenvalue weighted by Crippen LogP contribution is -2.44. The lowest BCUT2D eigenvalue weighted by Gasteiger charge is -2.35. The Morgan fingerprint density at radius 1 is 1.25 bits per heavy atom. The van der Waals surface area contributed by atoms with Crippen molar-refractivity contribution in [1.82, 2.24) is 19.9 Å². The van der Waals surface area contributed by atoms with Crippen LogP contribution < -0.4 is 15.4 Å². The molecule has 0 aromatic carbocycles. The van der Waals surface area contributed by atoms with Gasteiger partial charge in [0.15, 0.2) is 0 Å². The van der Waals surface area contributed by atoms with Crippen LogP contribution in [0.25, 0.3) is 11.3 Å². The van der Waals surface area contributed by atoms with Gasteiger partial charge < -0.3 is 20.1 Å². The Kier molecular flexibility index (Phi) is 4.96. The molecule has 9 heteroatoms. The van der Waals surface area contributed by atoms with E-state index in [4.69, 9.17) is 15.2 Å². The third-order valence-corrected chi connectivity index (χ3v) is 5.15. The first-order chi connectivity index (χ1) is 13.5. The number of anilines is 2. The van der Waals surface area contributed by atoms with Gasteiger partial charge in [0.25, 0.3) is 0 Å². The Morgan fingerprint density at radius 2 is 2.00 bits per heavy atom. The molecule has 0 unspecified atom stereocenters. The number of ether oxygens (including phenoxy) is 2. The molecule has 9 nitrogen and oxygen atoms in total. The van der Waals surface area contributed by atoms with Crippen LogP contribution in [-0.4, -0.2) is 51.8 Å². The Morgan fingerprint density at radius 3 is 2.64 bits per heavy atom. The van der Waals surface area contributed by atoms with Crippen LogP contribution in [0.4, 0.5) is 11.9 Å². The van der Waals surface area contributed by atoms with Gasteiger partial charge in [-0.05, 0) is 25.7 Å². The van der Waals surface area contributed by atoms with Crippen molar-refractivity contribution in [2.45, 2.75) is 38.8 Å². The summed E-state index contributed by atoms with van der Waals surface area (Å²) < 4.78 is 11.6. The maximum absolute atomic E-state index is 9.81. The molecular weight excluding hydrogens is 358 g/mol. The van der Waals surface area contributed by atoms with E-state index in [1.54, 1.807) is 12.4 Å². The van der Waals surface area contributed by atoms with E-state index >= 15 is 0 Å². The quantitative estimate of drug-likeness (QED) is 0.844. The Balaban J connectivity index is 1.79. The van der Waals surface area contributed by atoms with E-state index in [1.165, 1.54) is 0 Å². The second kappa shape index (κ2) is 7.56. The number of nitriles is 1. The zero-order chi connectivity index (χ0) is 19.7. The average molecular weight is 381 g/mol. The van der Waals surface area contributed by atoms with Crippen molar-refractivity contribution in [2.24, 2.45) is 5.92 Å². The third-order valence-electron chi connectivity index (χ3n) is 5.15.